The molecule has 0 aromatic heterocycles. The van der Waals surface area contributed by atoms with Crippen LogP contribution in [0.1, 0.15) is 35.7 Å². The standard InChI is InChI=1S/C37H45N5O8/c1-4-42-24-35(45)41(2)23-33(43)39-27(21-26-11-6-5-7-12-26)25-50-32-14-9-8-13-30(32)36(46)40-31(22-34(42)44)37(47)38-19-10-20-49-29-17-15-28(48-3)16-18-29/h5-9,11-18,27,31H,4,10,19-25H2,1-3H3,(H,38,47)(H,39,43)(H,40,46)/t27-,31+/m1/s1. The van der Waals surface area contributed by atoms with Crippen molar-refractivity contribution in [2.24, 2.45) is 0 Å². The Morgan fingerprint density at radius 1 is 0.900 bits per heavy atom. The number of hydrogen-bond donors (Lipinski definition) is 3. The molecule has 50 heavy (non-hydrogen) atoms. The van der Waals surface area contributed by atoms with Crippen molar-refractivity contribution < 1.29 is 38.2 Å². The van der Waals surface area contributed by atoms with E-state index in [4.69, 9.17) is 14.2 Å². The summed E-state index contributed by atoms with van der Waals surface area (Å²) in [4.78, 5) is 69.3. The number of rotatable bonds is 10. The first-order valence-corrected chi connectivity index (χ1v) is 16.6. The molecule has 0 radical (unpaired) electrons. The molecule has 3 N–H and O–H groups in total. The largest absolute Gasteiger partial charge is 0.497 e. The lowest BCUT2D eigenvalue weighted by atomic mass is 10.1. The SMILES string of the molecule is CCN1CC(=O)N(C)CC(=O)N[C@H](Cc2ccccc2)COc2ccccc2C(=O)N[C@H](C(=O)NCCCOc2ccc(OC)cc2)CC1=O. The molecule has 0 fully saturated rings. The Morgan fingerprint density at radius 2 is 1.60 bits per heavy atom. The maximum atomic E-state index is 13.7. The highest BCUT2D eigenvalue weighted by molar-refractivity contribution is 6.01. The van der Waals surface area contributed by atoms with Gasteiger partial charge in [0.05, 0.1) is 44.8 Å². The molecule has 1 aliphatic rings. The van der Waals surface area contributed by atoms with Gasteiger partial charge in [0.1, 0.15) is 29.9 Å². The van der Waals surface area contributed by atoms with Gasteiger partial charge in [-0.05, 0) is 61.7 Å². The van der Waals surface area contributed by atoms with Gasteiger partial charge in [0, 0.05) is 20.1 Å². The van der Waals surface area contributed by atoms with Crippen LogP contribution in [0.5, 0.6) is 17.2 Å². The zero-order valence-electron chi connectivity index (χ0n) is 28.7. The summed E-state index contributed by atoms with van der Waals surface area (Å²) in [6.07, 6.45) is 0.499. The van der Waals surface area contributed by atoms with Gasteiger partial charge in [0.15, 0.2) is 0 Å². The van der Waals surface area contributed by atoms with E-state index in [-0.39, 0.29) is 44.1 Å². The van der Waals surface area contributed by atoms with Crippen molar-refractivity contribution in [1.82, 2.24) is 25.8 Å². The normalized spacial score (nSPS) is 17.8. The Balaban J connectivity index is 1.51. The van der Waals surface area contributed by atoms with E-state index in [2.05, 4.69) is 16.0 Å². The molecule has 0 aliphatic carbocycles. The Labute approximate surface area is 292 Å². The van der Waals surface area contributed by atoms with Crippen molar-refractivity contribution in [1.29, 1.82) is 0 Å². The molecule has 13 heteroatoms. The predicted molar refractivity (Wildman–Crippen MR) is 186 cm³/mol. The number of hydrogen-bond acceptors (Lipinski definition) is 8. The lowest BCUT2D eigenvalue weighted by molar-refractivity contribution is -0.142. The zero-order valence-corrected chi connectivity index (χ0v) is 28.7. The average Bonchev–Trinajstić information content (AvgIpc) is 3.12. The van der Waals surface area contributed by atoms with Crippen molar-refractivity contribution in [3.8, 4) is 17.2 Å². The van der Waals surface area contributed by atoms with Crippen LogP contribution in [0.15, 0.2) is 78.9 Å². The number of carbonyl (C=O) groups is 5. The number of nitrogens with one attached hydrogen (secondary N) is 3. The third-order valence-corrected chi connectivity index (χ3v) is 8.08. The van der Waals surface area contributed by atoms with Crippen LogP contribution in [0.25, 0.3) is 0 Å². The summed E-state index contributed by atoms with van der Waals surface area (Å²) in [6.45, 7) is 1.90. The number of fused-ring (bicyclic) bond motifs is 1. The van der Waals surface area contributed by atoms with Crippen LogP contribution in [-0.4, -0.2) is 105 Å². The van der Waals surface area contributed by atoms with Crippen molar-refractivity contribution in [2.45, 2.75) is 38.3 Å². The molecular weight excluding hydrogens is 642 g/mol. The van der Waals surface area contributed by atoms with Crippen molar-refractivity contribution >= 4 is 29.5 Å². The number of methoxy groups -OCH3 is 1. The van der Waals surface area contributed by atoms with E-state index in [1.165, 1.54) is 16.8 Å². The molecular formula is C37H45N5O8. The first kappa shape index (κ1) is 37.2. The fourth-order valence-corrected chi connectivity index (χ4v) is 5.28. The highest BCUT2D eigenvalue weighted by Crippen LogP contribution is 2.20. The van der Waals surface area contributed by atoms with E-state index in [1.54, 1.807) is 62.6 Å². The fourth-order valence-electron chi connectivity index (χ4n) is 5.28. The summed E-state index contributed by atoms with van der Waals surface area (Å²) in [6, 6.07) is 21.5. The van der Waals surface area contributed by atoms with E-state index in [0.717, 1.165) is 5.56 Å². The lowest BCUT2D eigenvalue weighted by Gasteiger charge is -2.26. The van der Waals surface area contributed by atoms with E-state index in [1.807, 2.05) is 30.3 Å². The molecule has 0 saturated carbocycles. The maximum Gasteiger partial charge on any atom is 0.255 e. The highest BCUT2D eigenvalue weighted by atomic mass is 16.5. The molecule has 0 unspecified atom stereocenters. The fraction of sp³-hybridized carbons (Fsp3) is 0.378. The van der Waals surface area contributed by atoms with Gasteiger partial charge in [0.25, 0.3) is 5.91 Å². The molecule has 0 spiro atoms. The number of ether oxygens (including phenoxy) is 3. The van der Waals surface area contributed by atoms with Crippen LogP contribution in [0.3, 0.4) is 0 Å². The molecule has 0 bridgehead atoms. The molecule has 3 aromatic rings. The van der Waals surface area contributed by atoms with Gasteiger partial charge in [-0.25, -0.2) is 0 Å². The van der Waals surface area contributed by atoms with E-state index >= 15 is 0 Å². The zero-order chi connectivity index (χ0) is 35.9. The number of benzene rings is 3. The van der Waals surface area contributed by atoms with Crippen molar-refractivity contribution in [2.75, 3.05) is 53.6 Å². The quantitative estimate of drug-likeness (QED) is 0.274. The van der Waals surface area contributed by atoms with Crippen LogP contribution in [-0.2, 0) is 25.6 Å². The second-order valence-corrected chi connectivity index (χ2v) is 11.8. The second kappa shape index (κ2) is 18.8. The predicted octanol–water partition coefficient (Wildman–Crippen LogP) is 2.20. The van der Waals surface area contributed by atoms with Crippen molar-refractivity contribution in [3.05, 3.63) is 90.0 Å². The van der Waals surface area contributed by atoms with Crippen LogP contribution < -0.4 is 30.2 Å². The number of para-hydroxylation sites is 1. The molecule has 1 aliphatic heterocycles. The van der Waals surface area contributed by atoms with Gasteiger partial charge < -0.3 is 40.0 Å². The van der Waals surface area contributed by atoms with Gasteiger partial charge in [0.2, 0.25) is 23.6 Å². The number of likely N-dealkylation sites (N-methyl/N-ethyl adjacent to an activating group) is 2. The summed E-state index contributed by atoms with van der Waals surface area (Å²) in [5.74, 6) is -0.962. The van der Waals surface area contributed by atoms with Gasteiger partial charge in [-0.1, -0.05) is 42.5 Å². The molecule has 4 rings (SSSR count). The number of nitrogens with zero attached hydrogens (tertiary/aromatic N) is 2. The topological polar surface area (TPSA) is 156 Å². The Bertz CT molecular complexity index is 1600. The van der Waals surface area contributed by atoms with Crippen LogP contribution in [0, 0.1) is 0 Å². The average molecular weight is 688 g/mol. The molecule has 0 saturated heterocycles. The summed E-state index contributed by atoms with van der Waals surface area (Å²) in [7, 11) is 3.07. The Kier molecular flexibility index (Phi) is 14.0. The van der Waals surface area contributed by atoms with Crippen LogP contribution in [0.4, 0.5) is 0 Å². The third kappa shape index (κ3) is 11.2. The Hall–Kier alpha value is -5.59. The molecule has 5 amide bonds. The van der Waals surface area contributed by atoms with Gasteiger partial charge in [-0.15, -0.1) is 0 Å². The summed E-state index contributed by atoms with van der Waals surface area (Å²) < 4.78 is 17.0. The second-order valence-electron chi connectivity index (χ2n) is 11.8. The lowest BCUT2D eigenvalue weighted by Crippen LogP contribution is -2.51. The minimum absolute atomic E-state index is 0.0210. The number of carbonyl (C=O) groups excluding carboxylic acids is 5. The van der Waals surface area contributed by atoms with Gasteiger partial charge in [-0.3, -0.25) is 24.0 Å². The highest BCUT2D eigenvalue weighted by Gasteiger charge is 2.29. The molecule has 1 heterocycles. The summed E-state index contributed by atoms with van der Waals surface area (Å²) in [5.41, 5.74) is 1.11. The summed E-state index contributed by atoms with van der Waals surface area (Å²) >= 11 is 0. The maximum absolute atomic E-state index is 13.7. The first-order valence-electron chi connectivity index (χ1n) is 16.6. The first-order chi connectivity index (χ1) is 24.2. The third-order valence-electron chi connectivity index (χ3n) is 8.08. The minimum Gasteiger partial charge on any atom is -0.497 e. The minimum atomic E-state index is -1.25. The van der Waals surface area contributed by atoms with Crippen LogP contribution in [0.2, 0.25) is 0 Å². The molecule has 2 atom stereocenters. The molecule has 266 valence electrons. The van der Waals surface area contributed by atoms with Gasteiger partial charge in [-0.2, -0.15) is 0 Å². The van der Waals surface area contributed by atoms with E-state index < -0.39 is 48.0 Å². The monoisotopic (exact) mass is 687 g/mol. The van der Waals surface area contributed by atoms with E-state index in [0.29, 0.717) is 30.9 Å². The van der Waals surface area contributed by atoms with E-state index in [9.17, 15) is 24.0 Å². The smallest absolute Gasteiger partial charge is 0.255 e. The Morgan fingerprint density at radius 3 is 2.32 bits per heavy atom. The van der Waals surface area contributed by atoms with Gasteiger partial charge >= 0.3 is 0 Å². The van der Waals surface area contributed by atoms with Crippen molar-refractivity contribution in [3.63, 3.8) is 0 Å². The summed E-state index contributed by atoms with van der Waals surface area (Å²) in [5, 5.41) is 8.45. The number of amides is 5. The van der Waals surface area contributed by atoms with Crippen LogP contribution >= 0.6 is 0 Å². The molecule has 13 nitrogen and oxygen atoms in total. The molecule has 3 aromatic carbocycles.